The Hall–Kier alpha value is -0.970. The maximum Gasteiger partial charge on any atom is 0.123 e. The van der Waals surface area contributed by atoms with Crippen molar-refractivity contribution < 1.29 is 4.39 Å². The third-order valence-electron chi connectivity index (χ3n) is 3.84. The average molecular weight is 251 g/mol. The van der Waals surface area contributed by atoms with Crippen LogP contribution in [0, 0.1) is 5.82 Å². The van der Waals surface area contributed by atoms with Crippen LogP contribution < -0.4 is 5.73 Å². The van der Waals surface area contributed by atoms with E-state index in [1.165, 1.54) is 18.6 Å². The number of likely N-dealkylation sites (N-methyl/N-ethyl adjacent to an activating group) is 1. The normalized spacial score (nSPS) is 22.6. The fourth-order valence-corrected chi connectivity index (χ4v) is 2.65. The Morgan fingerprint density at radius 1 is 1.39 bits per heavy atom. The lowest BCUT2D eigenvalue weighted by Gasteiger charge is -2.28. The van der Waals surface area contributed by atoms with Gasteiger partial charge in [-0.2, -0.15) is 0 Å². The molecular weight excluding hydrogens is 229 g/mol. The molecule has 0 aromatic heterocycles. The molecule has 1 aliphatic heterocycles. The fourth-order valence-electron chi connectivity index (χ4n) is 2.65. The molecule has 18 heavy (non-hydrogen) atoms. The summed E-state index contributed by atoms with van der Waals surface area (Å²) in [5.41, 5.74) is 7.00. The molecular formula is C14H22FN3. The maximum atomic E-state index is 12.9. The van der Waals surface area contributed by atoms with E-state index < -0.39 is 0 Å². The van der Waals surface area contributed by atoms with Gasteiger partial charge in [0.05, 0.1) is 0 Å². The summed E-state index contributed by atoms with van der Waals surface area (Å²) in [6.45, 7) is 2.67. The zero-order chi connectivity index (χ0) is 13.1. The molecule has 1 saturated heterocycles. The standard InChI is InChI=1S/C14H22FN3/c1-17(2)13-7-8-18(10-13)14(9-16)11-3-5-12(15)6-4-11/h3-6,13-14H,7-10,16H2,1-2H3. The Bertz CT molecular complexity index is 377. The predicted molar refractivity (Wildman–Crippen MR) is 71.9 cm³/mol. The van der Waals surface area contributed by atoms with E-state index >= 15 is 0 Å². The Morgan fingerprint density at radius 2 is 2.06 bits per heavy atom. The highest BCUT2D eigenvalue weighted by molar-refractivity contribution is 5.20. The lowest BCUT2D eigenvalue weighted by atomic mass is 10.1. The molecule has 2 N–H and O–H groups in total. The number of halogens is 1. The highest BCUT2D eigenvalue weighted by atomic mass is 19.1. The van der Waals surface area contributed by atoms with Crippen molar-refractivity contribution in [3.8, 4) is 0 Å². The quantitative estimate of drug-likeness (QED) is 0.879. The van der Waals surface area contributed by atoms with Crippen LogP contribution in [0.5, 0.6) is 0 Å². The first kappa shape index (κ1) is 13.5. The minimum Gasteiger partial charge on any atom is -0.329 e. The Kier molecular flexibility index (Phi) is 4.32. The summed E-state index contributed by atoms with van der Waals surface area (Å²) < 4.78 is 12.9. The summed E-state index contributed by atoms with van der Waals surface area (Å²) in [5, 5.41) is 0. The largest absolute Gasteiger partial charge is 0.329 e. The van der Waals surface area contributed by atoms with Crippen LogP contribution in [0.4, 0.5) is 4.39 Å². The van der Waals surface area contributed by atoms with Crippen molar-refractivity contribution in [3.63, 3.8) is 0 Å². The number of likely N-dealkylation sites (tertiary alicyclic amines) is 1. The van der Waals surface area contributed by atoms with Crippen LogP contribution in [0.2, 0.25) is 0 Å². The van der Waals surface area contributed by atoms with Gasteiger partial charge in [0.25, 0.3) is 0 Å². The van der Waals surface area contributed by atoms with Gasteiger partial charge in [0.2, 0.25) is 0 Å². The van der Waals surface area contributed by atoms with Crippen molar-refractivity contribution in [2.75, 3.05) is 33.7 Å². The molecule has 0 saturated carbocycles. The van der Waals surface area contributed by atoms with E-state index in [-0.39, 0.29) is 11.9 Å². The summed E-state index contributed by atoms with van der Waals surface area (Å²) >= 11 is 0. The lowest BCUT2D eigenvalue weighted by molar-refractivity contribution is 0.220. The number of rotatable bonds is 4. The van der Waals surface area contributed by atoms with Gasteiger partial charge in [0, 0.05) is 31.7 Å². The molecule has 2 rings (SSSR count). The van der Waals surface area contributed by atoms with Gasteiger partial charge in [-0.25, -0.2) is 4.39 Å². The van der Waals surface area contributed by atoms with Gasteiger partial charge in [-0.1, -0.05) is 12.1 Å². The van der Waals surface area contributed by atoms with Crippen LogP contribution in [0.1, 0.15) is 18.0 Å². The topological polar surface area (TPSA) is 32.5 Å². The Morgan fingerprint density at radius 3 is 2.56 bits per heavy atom. The van der Waals surface area contributed by atoms with Crippen molar-refractivity contribution in [3.05, 3.63) is 35.6 Å². The van der Waals surface area contributed by atoms with Crippen LogP contribution in [0.25, 0.3) is 0 Å². The second-order valence-electron chi connectivity index (χ2n) is 5.20. The van der Waals surface area contributed by atoms with Crippen molar-refractivity contribution in [2.45, 2.75) is 18.5 Å². The summed E-state index contributed by atoms with van der Waals surface area (Å²) in [5.74, 6) is -0.192. The molecule has 100 valence electrons. The van der Waals surface area contributed by atoms with Crippen LogP contribution in [0.3, 0.4) is 0 Å². The number of nitrogens with zero attached hydrogens (tertiary/aromatic N) is 2. The second kappa shape index (κ2) is 5.78. The van der Waals surface area contributed by atoms with E-state index in [1.807, 2.05) is 12.1 Å². The molecule has 1 aliphatic rings. The smallest absolute Gasteiger partial charge is 0.123 e. The molecule has 1 fully saturated rings. The highest BCUT2D eigenvalue weighted by Gasteiger charge is 2.29. The van der Waals surface area contributed by atoms with E-state index in [0.717, 1.165) is 18.7 Å². The molecule has 3 nitrogen and oxygen atoms in total. The molecule has 2 atom stereocenters. The Balaban J connectivity index is 2.08. The minimum atomic E-state index is -0.192. The van der Waals surface area contributed by atoms with Crippen molar-refractivity contribution in [2.24, 2.45) is 5.73 Å². The fraction of sp³-hybridized carbons (Fsp3) is 0.571. The van der Waals surface area contributed by atoms with Crippen LogP contribution >= 0.6 is 0 Å². The van der Waals surface area contributed by atoms with E-state index in [4.69, 9.17) is 5.73 Å². The molecule has 0 amide bonds. The van der Waals surface area contributed by atoms with E-state index in [0.29, 0.717) is 12.6 Å². The lowest BCUT2D eigenvalue weighted by Crippen LogP contribution is -2.36. The third kappa shape index (κ3) is 2.88. The first-order valence-corrected chi connectivity index (χ1v) is 6.48. The molecule has 1 heterocycles. The molecule has 2 unspecified atom stereocenters. The number of benzene rings is 1. The highest BCUT2D eigenvalue weighted by Crippen LogP contribution is 2.25. The molecule has 4 heteroatoms. The van der Waals surface area contributed by atoms with Gasteiger partial charge >= 0.3 is 0 Å². The van der Waals surface area contributed by atoms with E-state index in [2.05, 4.69) is 23.9 Å². The Labute approximate surface area is 108 Å². The molecule has 0 radical (unpaired) electrons. The van der Waals surface area contributed by atoms with Gasteiger partial charge < -0.3 is 10.6 Å². The van der Waals surface area contributed by atoms with Gasteiger partial charge in [-0.3, -0.25) is 4.90 Å². The van der Waals surface area contributed by atoms with E-state index in [1.54, 1.807) is 0 Å². The van der Waals surface area contributed by atoms with Crippen LogP contribution in [-0.4, -0.2) is 49.6 Å². The van der Waals surface area contributed by atoms with Gasteiger partial charge in [0.15, 0.2) is 0 Å². The van der Waals surface area contributed by atoms with Crippen LogP contribution in [-0.2, 0) is 0 Å². The molecule has 0 bridgehead atoms. The van der Waals surface area contributed by atoms with Gasteiger partial charge in [-0.15, -0.1) is 0 Å². The SMILES string of the molecule is CN(C)C1CCN(C(CN)c2ccc(F)cc2)C1. The number of nitrogens with two attached hydrogens (primary N) is 1. The molecule has 1 aromatic rings. The predicted octanol–water partition coefficient (Wildman–Crippen LogP) is 1.46. The molecule has 0 aliphatic carbocycles. The zero-order valence-corrected chi connectivity index (χ0v) is 11.1. The molecule has 0 spiro atoms. The van der Waals surface area contributed by atoms with Crippen LogP contribution in [0.15, 0.2) is 24.3 Å². The number of hydrogen-bond acceptors (Lipinski definition) is 3. The summed E-state index contributed by atoms with van der Waals surface area (Å²) in [7, 11) is 4.23. The first-order valence-electron chi connectivity index (χ1n) is 6.48. The summed E-state index contributed by atoms with van der Waals surface area (Å²) in [4.78, 5) is 4.66. The average Bonchev–Trinajstić information content (AvgIpc) is 2.82. The van der Waals surface area contributed by atoms with Crippen molar-refractivity contribution in [1.29, 1.82) is 0 Å². The molecule has 1 aromatic carbocycles. The summed E-state index contributed by atoms with van der Waals surface area (Å²) in [6, 6.07) is 7.51. The minimum absolute atomic E-state index is 0.192. The zero-order valence-electron chi connectivity index (χ0n) is 11.1. The number of hydrogen-bond donors (Lipinski definition) is 1. The van der Waals surface area contributed by atoms with Crippen molar-refractivity contribution >= 4 is 0 Å². The second-order valence-corrected chi connectivity index (χ2v) is 5.20. The van der Waals surface area contributed by atoms with Gasteiger partial charge in [0.1, 0.15) is 5.82 Å². The monoisotopic (exact) mass is 251 g/mol. The van der Waals surface area contributed by atoms with E-state index in [9.17, 15) is 4.39 Å². The summed E-state index contributed by atoms with van der Waals surface area (Å²) in [6.07, 6.45) is 1.17. The first-order chi connectivity index (χ1) is 8.61. The third-order valence-corrected chi connectivity index (χ3v) is 3.84. The van der Waals surface area contributed by atoms with Gasteiger partial charge in [-0.05, 0) is 38.2 Å². The van der Waals surface area contributed by atoms with Crippen molar-refractivity contribution in [1.82, 2.24) is 9.80 Å². The maximum absolute atomic E-state index is 12.9.